The zero-order chi connectivity index (χ0) is 14.1. The Morgan fingerprint density at radius 2 is 1.90 bits per heavy atom. The number of nitrogens with one attached hydrogen (secondary N) is 4. The average molecular weight is 271 g/mol. The molecule has 2 heterocycles. The number of aromatic nitrogens is 4. The van der Waals surface area contributed by atoms with Crippen molar-refractivity contribution in [2.75, 3.05) is 5.32 Å². The number of aromatic amines is 3. The Morgan fingerprint density at radius 1 is 1.10 bits per heavy atom. The quantitative estimate of drug-likeness (QED) is 0.531. The second-order valence-corrected chi connectivity index (χ2v) is 4.06. The molecule has 0 saturated heterocycles. The van der Waals surface area contributed by atoms with Gasteiger partial charge in [-0.1, -0.05) is 12.1 Å². The summed E-state index contributed by atoms with van der Waals surface area (Å²) in [5.74, 6) is -0.399. The Hall–Kier alpha value is -3.16. The third kappa shape index (κ3) is 2.21. The first-order valence-corrected chi connectivity index (χ1v) is 5.71. The lowest BCUT2D eigenvalue weighted by molar-refractivity contribution is 0.102. The number of rotatable bonds is 2. The zero-order valence-electron chi connectivity index (χ0n) is 10.1. The Balaban J connectivity index is 1.92. The Kier molecular flexibility index (Phi) is 2.68. The number of amides is 1. The highest BCUT2D eigenvalue weighted by Crippen LogP contribution is 2.13. The number of imidazole rings is 1. The van der Waals surface area contributed by atoms with Gasteiger partial charge >= 0.3 is 5.69 Å². The van der Waals surface area contributed by atoms with Crippen LogP contribution in [0, 0.1) is 0 Å². The van der Waals surface area contributed by atoms with E-state index in [-0.39, 0.29) is 11.6 Å². The monoisotopic (exact) mass is 271 g/mol. The molecule has 0 aliphatic heterocycles. The van der Waals surface area contributed by atoms with Crippen LogP contribution in [0.1, 0.15) is 10.5 Å². The van der Waals surface area contributed by atoms with Gasteiger partial charge in [-0.25, -0.2) is 9.78 Å². The molecule has 8 heteroatoms. The van der Waals surface area contributed by atoms with Crippen LogP contribution in [0.3, 0.4) is 0 Å². The highest BCUT2D eigenvalue weighted by atomic mass is 16.2. The molecule has 0 aliphatic carbocycles. The lowest BCUT2D eigenvalue weighted by Crippen LogP contribution is -2.27. The fourth-order valence-corrected chi connectivity index (χ4v) is 1.78. The molecule has 0 unspecified atom stereocenters. The first-order valence-electron chi connectivity index (χ1n) is 5.71. The maximum Gasteiger partial charge on any atom is 0.326 e. The second-order valence-electron chi connectivity index (χ2n) is 4.06. The van der Waals surface area contributed by atoms with Crippen LogP contribution in [-0.4, -0.2) is 25.8 Å². The van der Waals surface area contributed by atoms with E-state index in [0.717, 1.165) is 11.6 Å². The minimum absolute atomic E-state index is 0.140. The SMILES string of the molecule is O=C(Nc1nc2ccccc2[nH]1)c1cc(=O)[nH]c(=O)[nH]1. The molecule has 0 atom stereocenters. The van der Waals surface area contributed by atoms with Gasteiger partial charge in [0.1, 0.15) is 5.69 Å². The number of H-pyrrole nitrogens is 3. The molecule has 100 valence electrons. The minimum atomic E-state index is -0.743. The van der Waals surface area contributed by atoms with Crippen molar-refractivity contribution in [3.05, 3.63) is 56.9 Å². The number of hydrogen-bond acceptors (Lipinski definition) is 4. The van der Waals surface area contributed by atoms with Gasteiger partial charge in [-0.05, 0) is 12.1 Å². The van der Waals surface area contributed by atoms with Gasteiger partial charge in [0.25, 0.3) is 11.5 Å². The molecule has 3 rings (SSSR count). The van der Waals surface area contributed by atoms with Crippen LogP contribution in [0.5, 0.6) is 0 Å². The smallest absolute Gasteiger partial charge is 0.324 e. The van der Waals surface area contributed by atoms with Crippen LogP contribution in [-0.2, 0) is 0 Å². The lowest BCUT2D eigenvalue weighted by atomic mass is 10.3. The fraction of sp³-hybridized carbons (Fsp3) is 0. The van der Waals surface area contributed by atoms with Crippen LogP contribution in [0.4, 0.5) is 5.95 Å². The van der Waals surface area contributed by atoms with Gasteiger partial charge in [0, 0.05) is 6.07 Å². The van der Waals surface area contributed by atoms with Gasteiger partial charge in [-0.15, -0.1) is 0 Å². The third-order valence-corrected chi connectivity index (χ3v) is 2.63. The number of para-hydroxylation sites is 2. The molecule has 2 aromatic heterocycles. The van der Waals surface area contributed by atoms with Crippen LogP contribution in [0.2, 0.25) is 0 Å². The number of carbonyl (C=O) groups excluding carboxylic acids is 1. The summed E-state index contributed by atoms with van der Waals surface area (Å²) >= 11 is 0. The highest BCUT2D eigenvalue weighted by Gasteiger charge is 2.10. The Morgan fingerprint density at radius 3 is 2.65 bits per heavy atom. The van der Waals surface area contributed by atoms with Crippen LogP contribution >= 0.6 is 0 Å². The summed E-state index contributed by atoms with van der Waals surface area (Å²) in [5.41, 5.74) is -0.0700. The second kappa shape index (κ2) is 4.50. The van der Waals surface area contributed by atoms with Crippen LogP contribution < -0.4 is 16.6 Å². The topological polar surface area (TPSA) is 123 Å². The minimum Gasteiger partial charge on any atom is -0.324 e. The number of fused-ring (bicyclic) bond motifs is 1. The number of anilines is 1. The molecule has 0 aliphatic rings. The van der Waals surface area contributed by atoms with E-state index in [0.29, 0.717) is 5.52 Å². The standard InChI is InChI=1S/C12H9N5O3/c18-9-5-8(15-12(20)16-9)10(19)17-11-13-6-3-1-2-4-7(6)14-11/h1-5H,(H2,13,14,17,19)(H2,15,16,18,20). The van der Waals surface area contributed by atoms with E-state index in [4.69, 9.17) is 0 Å². The molecule has 1 aromatic carbocycles. The molecular formula is C12H9N5O3. The van der Waals surface area contributed by atoms with Crippen molar-refractivity contribution in [3.63, 3.8) is 0 Å². The van der Waals surface area contributed by atoms with Crippen LogP contribution in [0.15, 0.2) is 39.9 Å². The van der Waals surface area contributed by atoms with Crippen molar-refractivity contribution in [2.45, 2.75) is 0 Å². The number of carbonyl (C=O) groups is 1. The van der Waals surface area contributed by atoms with Crippen molar-refractivity contribution in [1.82, 2.24) is 19.9 Å². The fourth-order valence-electron chi connectivity index (χ4n) is 1.78. The predicted octanol–water partition coefficient (Wildman–Crippen LogP) is 0.192. The zero-order valence-corrected chi connectivity index (χ0v) is 10.1. The normalized spacial score (nSPS) is 10.6. The third-order valence-electron chi connectivity index (χ3n) is 2.63. The number of benzene rings is 1. The maximum absolute atomic E-state index is 11.9. The molecule has 20 heavy (non-hydrogen) atoms. The Bertz CT molecular complexity index is 844. The van der Waals surface area contributed by atoms with Gasteiger partial charge in [-0.3, -0.25) is 19.9 Å². The molecule has 3 aromatic rings. The van der Waals surface area contributed by atoms with Crippen molar-refractivity contribution in [1.29, 1.82) is 0 Å². The maximum atomic E-state index is 11.9. The molecule has 1 amide bonds. The van der Waals surface area contributed by atoms with Crippen molar-refractivity contribution >= 4 is 22.9 Å². The molecule has 0 fully saturated rings. The summed E-state index contributed by atoms with van der Waals surface area (Å²) in [6.45, 7) is 0. The molecule has 0 saturated carbocycles. The summed E-state index contributed by atoms with van der Waals surface area (Å²) in [6, 6.07) is 8.26. The molecular weight excluding hydrogens is 262 g/mol. The van der Waals surface area contributed by atoms with E-state index in [1.165, 1.54) is 0 Å². The number of nitrogens with zero attached hydrogens (tertiary/aromatic N) is 1. The van der Waals surface area contributed by atoms with Gasteiger partial charge in [0.15, 0.2) is 0 Å². The van der Waals surface area contributed by atoms with Gasteiger partial charge in [0.2, 0.25) is 5.95 Å². The lowest BCUT2D eigenvalue weighted by Gasteiger charge is -2.00. The van der Waals surface area contributed by atoms with E-state index < -0.39 is 17.2 Å². The molecule has 0 radical (unpaired) electrons. The van der Waals surface area contributed by atoms with Gasteiger partial charge < -0.3 is 9.97 Å². The van der Waals surface area contributed by atoms with E-state index in [9.17, 15) is 14.4 Å². The summed E-state index contributed by atoms with van der Waals surface area (Å²) in [4.78, 5) is 45.4. The van der Waals surface area contributed by atoms with Gasteiger partial charge in [-0.2, -0.15) is 0 Å². The van der Waals surface area contributed by atoms with E-state index in [1.807, 2.05) is 23.2 Å². The average Bonchev–Trinajstić information content (AvgIpc) is 2.79. The predicted molar refractivity (Wildman–Crippen MR) is 71.7 cm³/mol. The summed E-state index contributed by atoms with van der Waals surface area (Å²) in [5, 5.41) is 2.47. The summed E-state index contributed by atoms with van der Waals surface area (Å²) < 4.78 is 0. The highest BCUT2D eigenvalue weighted by molar-refractivity contribution is 6.02. The first-order chi connectivity index (χ1) is 9.61. The van der Waals surface area contributed by atoms with E-state index in [1.54, 1.807) is 6.07 Å². The Labute approximate surface area is 110 Å². The van der Waals surface area contributed by atoms with Crippen LogP contribution in [0.25, 0.3) is 11.0 Å². The summed E-state index contributed by atoms with van der Waals surface area (Å²) in [7, 11) is 0. The molecule has 8 nitrogen and oxygen atoms in total. The largest absolute Gasteiger partial charge is 0.326 e. The van der Waals surface area contributed by atoms with E-state index in [2.05, 4.69) is 20.3 Å². The molecule has 0 spiro atoms. The van der Waals surface area contributed by atoms with Gasteiger partial charge in [0.05, 0.1) is 11.0 Å². The van der Waals surface area contributed by atoms with Crippen molar-refractivity contribution in [3.8, 4) is 0 Å². The first kappa shape index (κ1) is 11.9. The van der Waals surface area contributed by atoms with Crippen molar-refractivity contribution < 1.29 is 4.79 Å². The van der Waals surface area contributed by atoms with E-state index >= 15 is 0 Å². The molecule has 4 N–H and O–H groups in total. The number of hydrogen-bond donors (Lipinski definition) is 4. The summed E-state index contributed by atoms with van der Waals surface area (Å²) in [6.07, 6.45) is 0. The molecule has 0 bridgehead atoms. The van der Waals surface area contributed by atoms with Crippen molar-refractivity contribution in [2.24, 2.45) is 0 Å².